The molecule has 86 valence electrons. The highest BCUT2D eigenvalue weighted by atomic mass is 35.5. The van der Waals surface area contributed by atoms with Gasteiger partial charge in [0.25, 0.3) is 0 Å². The molecular weight excluding hydrogens is 234 g/mol. The number of fused-ring (bicyclic) bond motifs is 1. The third-order valence-electron chi connectivity index (χ3n) is 5.20. The molecule has 0 aromatic heterocycles. The Kier molecular flexibility index (Phi) is 1.49. The van der Waals surface area contributed by atoms with Crippen LogP contribution in [0.25, 0.3) is 0 Å². The minimum atomic E-state index is -0.0823. The molecule has 4 bridgehead atoms. The van der Waals surface area contributed by atoms with Crippen LogP contribution in [0.2, 0.25) is 5.82 Å². The Balaban J connectivity index is 1.47. The molecule has 4 heteroatoms. The molecule has 6 rings (SSSR count). The summed E-state index contributed by atoms with van der Waals surface area (Å²) in [4.78, 5) is 0. The fourth-order valence-corrected chi connectivity index (χ4v) is 5.20. The van der Waals surface area contributed by atoms with Crippen molar-refractivity contribution in [1.82, 2.24) is 0 Å². The van der Waals surface area contributed by atoms with Gasteiger partial charge in [0.15, 0.2) is 0 Å². The lowest BCUT2D eigenvalue weighted by atomic mass is 9.66. The van der Waals surface area contributed by atoms with Gasteiger partial charge < -0.3 is 9.31 Å². The Bertz CT molecular complexity index is 483. The van der Waals surface area contributed by atoms with E-state index in [2.05, 4.69) is 0 Å². The molecule has 4 saturated carbocycles. The smallest absolute Gasteiger partial charge is 0.523 e. The lowest BCUT2D eigenvalue weighted by Crippen LogP contribution is -2.33. The number of halogens is 1. The van der Waals surface area contributed by atoms with Crippen LogP contribution in [0.4, 0.5) is 0 Å². The van der Waals surface area contributed by atoms with Crippen molar-refractivity contribution in [2.45, 2.75) is 17.6 Å². The summed E-state index contributed by atoms with van der Waals surface area (Å²) in [5.74, 6) is 5.36. The molecule has 2 nitrogen and oxygen atoms in total. The van der Waals surface area contributed by atoms with Gasteiger partial charge in [-0.25, -0.2) is 0 Å². The number of hydrogen-bond donors (Lipinski definition) is 0. The molecule has 0 N–H and O–H groups in total. The van der Waals surface area contributed by atoms with Crippen molar-refractivity contribution >= 4 is 18.7 Å². The molecule has 1 heterocycles. The van der Waals surface area contributed by atoms with Gasteiger partial charge in [-0.2, -0.15) is 0 Å². The number of para-hydroxylation sites is 2. The van der Waals surface area contributed by atoms with Crippen LogP contribution >= 0.6 is 11.6 Å². The average Bonchev–Trinajstić information content (AvgIpc) is 2.75. The van der Waals surface area contributed by atoms with Gasteiger partial charge in [-0.15, -0.1) is 11.6 Å². The van der Waals surface area contributed by atoms with Gasteiger partial charge in [0.1, 0.15) is 11.5 Å². The maximum atomic E-state index is 6.47. The molecule has 5 aliphatic rings. The summed E-state index contributed by atoms with van der Waals surface area (Å²) in [5.41, 5.74) is 0. The highest BCUT2D eigenvalue weighted by molar-refractivity contribution is 6.50. The van der Waals surface area contributed by atoms with Gasteiger partial charge >= 0.3 is 7.12 Å². The van der Waals surface area contributed by atoms with E-state index in [4.69, 9.17) is 20.9 Å². The topological polar surface area (TPSA) is 18.5 Å². The minimum absolute atomic E-state index is 0.0823. The first kappa shape index (κ1) is 9.15. The van der Waals surface area contributed by atoms with Crippen molar-refractivity contribution in [3.8, 4) is 11.5 Å². The molecule has 1 aliphatic heterocycles. The van der Waals surface area contributed by atoms with E-state index in [1.807, 2.05) is 24.3 Å². The van der Waals surface area contributed by atoms with E-state index in [9.17, 15) is 0 Å². The fourth-order valence-electron chi connectivity index (χ4n) is 4.58. The van der Waals surface area contributed by atoms with Crippen LogP contribution in [0.1, 0.15) is 6.42 Å². The maximum Gasteiger partial charge on any atom is 0.598 e. The summed E-state index contributed by atoms with van der Waals surface area (Å²) in [6.07, 6.45) is 1.30. The van der Waals surface area contributed by atoms with Crippen molar-refractivity contribution in [3.63, 3.8) is 0 Å². The Morgan fingerprint density at radius 2 is 1.76 bits per heavy atom. The van der Waals surface area contributed by atoms with Crippen LogP contribution in [-0.2, 0) is 0 Å². The van der Waals surface area contributed by atoms with Crippen LogP contribution in [0, 0.1) is 23.7 Å². The number of rotatable bonds is 1. The van der Waals surface area contributed by atoms with Crippen molar-refractivity contribution in [1.29, 1.82) is 0 Å². The van der Waals surface area contributed by atoms with Gasteiger partial charge in [0.2, 0.25) is 0 Å². The van der Waals surface area contributed by atoms with E-state index in [0.717, 1.165) is 29.3 Å². The lowest BCUT2D eigenvalue weighted by Gasteiger charge is -2.17. The first-order valence-electron chi connectivity index (χ1n) is 6.41. The molecule has 6 atom stereocenters. The largest absolute Gasteiger partial charge is 0.598 e. The minimum Gasteiger partial charge on any atom is -0.523 e. The molecule has 0 saturated heterocycles. The van der Waals surface area contributed by atoms with Gasteiger partial charge in [0, 0.05) is 11.2 Å². The van der Waals surface area contributed by atoms with Crippen molar-refractivity contribution < 1.29 is 9.31 Å². The normalized spacial score (nSPS) is 47.7. The average molecular weight is 247 g/mol. The molecule has 1 aromatic rings. The zero-order valence-electron chi connectivity index (χ0n) is 9.25. The summed E-state index contributed by atoms with van der Waals surface area (Å²) in [5, 5.41) is 0.380. The summed E-state index contributed by atoms with van der Waals surface area (Å²) >= 11 is 6.47. The molecule has 4 aliphatic carbocycles. The van der Waals surface area contributed by atoms with E-state index < -0.39 is 0 Å². The second kappa shape index (κ2) is 2.77. The number of alkyl halides is 1. The molecule has 0 spiro atoms. The zero-order chi connectivity index (χ0) is 11.1. The summed E-state index contributed by atoms with van der Waals surface area (Å²) in [6, 6.07) is 7.95. The molecule has 6 unspecified atom stereocenters. The van der Waals surface area contributed by atoms with Crippen LogP contribution in [0.15, 0.2) is 24.3 Å². The first-order chi connectivity index (χ1) is 8.34. The van der Waals surface area contributed by atoms with Crippen LogP contribution in [0.5, 0.6) is 11.5 Å². The van der Waals surface area contributed by atoms with Crippen LogP contribution < -0.4 is 9.31 Å². The molecule has 0 amide bonds. The highest BCUT2D eigenvalue weighted by Crippen LogP contribution is 2.77. The molecular formula is C13H12BClO2. The SMILES string of the molecule is ClC1C2CC3C1C3C2B1Oc2ccccc2O1. The van der Waals surface area contributed by atoms with Crippen LogP contribution in [0.3, 0.4) is 0 Å². The van der Waals surface area contributed by atoms with Crippen molar-refractivity contribution in [2.75, 3.05) is 0 Å². The van der Waals surface area contributed by atoms with E-state index >= 15 is 0 Å². The van der Waals surface area contributed by atoms with Gasteiger partial charge in [-0.05, 0) is 42.2 Å². The predicted molar refractivity (Wildman–Crippen MR) is 65.4 cm³/mol. The predicted octanol–water partition coefficient (Wildman–Crippen LogP) is 2.82. The van der Waals surface area contributed by atoms with E-state index in [1.165, 1.54) is 6.42 Å². The van der Waals surface area contributed by atoms with E-state index in [-0.39, 0.29) is 7.12 Å². The Morgan fingerprint density at radius 3 is 2.24 bits per heavy atom. The summed E-state index contributed by atoms with van der Waals surface area (Å²) < 4.78 is 11.9. The van der Waals surface area contributed by atoms with Crippen molar-refractivity contribution in [3.05, 3.63) is 24.3 Å². The number of benzene rings is 1. The Morgan fingerprint density at radius 1 is 1.06 bits per heavy atom. The van der Waals surface area contributed by atoms with Gasteiger partial charge in [-0.3, -0.25) is 0 Å². The second-order valence-corrected chi connectivity index (χ2v) is 6.29. The summed E-state index contributed by atoms with van der Waals surface area (Å²) in [6.45, 7) is 0. The fraction of sp³-hybridized carbons (Fsp3) is 0.538. The Hall–Kier alpha value is -0.825. The monoisotopic (exact) mass is 246 g/mol. The Labute approximate surface area is 105 Å². The third-order valence-corrected chi connectivity index (χ3v) is 5.82. The molecule has 17 heavy (non-hydrogen) atoms. The van der Waals surface area contributed by atoms with Crippen LogP contribution in [-0.4, -0.2) is 12.5 Å². The highest BCUT2D eigenvalue weighted by Gasteiger charge is 2.77. The number of hydrogen-bond acceptors (Lipinski definition) is 2. The molecule has 0 radical (unpaired) electrons. The van der Waals surface area contributed by atoms with E-state index in [0.29, 0.717) is 17.1 Å². The van der Waals surface area contributed by atoms with Gasteiger partial charge in [0.05, 0.1) is 0 Å². The van der Waals surface area contributed by atoms with E-state index in [1.54, 1.807) is 0 Å². The first-order valence-corrected chi connectivity index (χ1v) is 6.84. The quantitative estimate of drug-likeness (QED) is 0.560. The molecule has 1 aromatic carbocycles. The zero-order valence-corrected chi connectivity index (χ0v) is 10.0. The third kappa shape index (κ3) is 0.968. The van der Waals surface area contributed by atoms with Gasteiger partial charge in [-0.1, -0.05) is 12.1 Å². The summed E-state index contributed by atoms with van der Waals surface area (Å²) in [7, 11) is -0.0823. The standard InChI is InChI=1S/C13H12BClO2/c15-13-7-5-6-10(11(6)13)12(7)14-16-8-3-1-2-4-9(8)17-14/h1-4,6-7,10-13H,5H2. The maximum absolute atomic E-state index is 6.47. The molecule has 4 fully saturated rings. The second-order valence-electron chi connectivity index (χ2n) is 5.79. The van der Waals surface area contributed by atoms with Crippen molar-refractivity contribution in [2.24, 2.45) is 23.7 Å². The lowest BCUT2D eigenvalue weighted by molar-refractivity contribution is 0.438.